The molecule has 0 aliphatic carbocycles. The molecule has 1 amide bonds. The van der Waals surface area contributed by atoms with Gasteiger partial charge in [-0.05, 0) is 48.6 Å². The van der Waals surface area contributed by atoms with Gasteiger partial charge in [-0.15, -0.1) is 0 Å². The van der Waals surface area contributed by atoms with Crippen molar-refractivity contribution >= 4 is 23.0 Å². The van der Waals surface area contributed by atoms with E-state index in [0.29, 0.717) is 6.42 Å². The maximum absolute atomic E-state index is 12.4. The molecule has 0 spiro atoms. The Morgan fingerprint density at radius 2 is 1.93 bits per heavy atom. The predicted octanol–water partition coefficient (Wildman–Crippen LogP) is 3.61. The predicted molar refractivity (Wildman–Crippen MR) is 104 cm³/mol. The van der Waals surface area contributed by atoms with Crippen LogP contribution in [0.5, 0.6) is 0 Å². The minimum absolute atomic E-state index is 0.0205. The van der Waals surface area contributed by atoms with Crippen LogP contribution in [0.25, 0.3) is 0 Å². The number of carbonyl (C=O) groups is 1. The summed E-state index contributed by atoms with van der Waals surface area (Å²) in [5, 5.41) is 10.9. The Morgan fingerprint density at radius 1 is 1.07 bits per heavy atom. The summed E-state index contributed by atoms with van der Waals surface area (Å²) in [6.07, 6.45) is 3.94. The van der Waals surface area contributed by atoms with Crippen LogP contribution >= 0.6 is 0 Å². The first kappa shape index (κ1) is 16.1. The van der Waals surface area contributed by atoms with Crippen molar-refractivity contribution in [2.75, 3.05) is 10.6 Å². The quantitative estimate of drug-likeness (QED) is 0.733. The van der Waals surface area contributed by atoms with Crippen molar-refractivity contribution < 1.29 is 4.79 Å². The van der Waals surface area contributed by atoms with Crippen molar-refractivity contribution in [2.45, 2.75) is 38.6 Å². The Labute approximate surface area is 157 Å². The minimum atomic E-state index is -0.0628. The van der Waals surface area contributed by atoms with E-state index < -0.39 is 0 Å². The fraction of sp³-hybridized carbons (Fsp3) is 0.286. The molecule has 0 saturated carbocycles. The second kappa shape index (κ2) is 6.23. The molecule has 0 bridgehead atoms. The standard InChI is InChI=1S/C21H21N5O/c1-2-26-21(22-12-23-26)16-10-20(27)25-19-11-18-14(9-15(16)19)8-7-13-5-3-4-6-17(13)24-18/h3-6,9,11-12,16,24H,2,7-8,10H2,1H3,(H,25,27)/t16-/m0/s1. The topological polar surface area (TPSA) is 71.8 Å². The molecule has 2 aromatic carbocycles. The third-order valence-electron chi connectivity index (χ3n) is 5.52. The smallest absolute Gasteiger partial charge is 0.225 e. The maximum atomic E-state index is 12.4. The van der Waals surface area contributed by atoms with Gasteiger partial charge in [-0.1, -0.05) is 24.3 Å². The molecule has 136 valence electrons. The van der Waals surface area contributed by atoms with Gasteiger partial charge >= 0.3 is 0 Å². The molecule has 5 rings (SSSR count). The lowest BCUT2D eigenvalue weighted by Crippen LogP contribution is -2.26. The molecule has 1 aromatic heterocycles. The van der Waals surface area contributed by atoms with Gasteiger partial charge in [0.25, 0.3) is 0 Å². The SMILES string of the molecule is CCn1ncnc1[C@H]1CC(=O)Nc2cc3c(cc21)CCc1ccccc1N3. The van der Waals surface area contributed by atoms with Gasteiger partial charge in [-0.3, -0.25) is 4.79 Å². The number of carbonyl (C=O) groups excluding carboxylic acids is 1. The molecule has 2 N–H and O–H groups in total. The number of nitrogens with zero attached hydrogens (tertiary/aromatic N) is 3. The number of aryl methyl sites for hydroxylation is 3. The Bertz CT molecular complexity index is 1040. The molecule has 27 heavy (non-hydrogen) atoms. The van der Waals surface area contributed by atoms with Crippen LogP contribution in [0.3, 0.4) is 0 Å². The highest BCUT2D eigenvalue weighted by atomic mass is 16.1. The van der Waals surface area contributed by atoms with Gasteiger partial charge in [0, 0.05) is 30.0 Å². The van der Waals surface area contributed by atoms with Crippen molar-refractivity contribution in [1.29, 1.82) is 0 Å². The summed E-state index contributed by atoms with van der Waals surface area (Å²) in [5.41, 5.74) is 6.79. The summed E-state index contributed by atoms with van der Waals surface area (Å²) in [5.74, 6) is 0.817. The largest absolute Gasteiger partial charge is 0.355 e. The minimum Gasteiger partial charge on any atom is -0.355 e. The zero-order valence-corrected chi connectivity index (χ0v) is 15.2. The van der Waals surface area contributed by atoms with Crippen molar-refractivity contribution in [3.8, 4) is 0 Å². The average Bonchev–Trinajstić information content (AvgIpc) is 3.07. The number of nitrogens with one attached hydrogen (secondary N) is 2. The molecule has 3 aromatic rings. The summed E-state index contributed by atoms with van der Waals surface area (Å²) >= 11 is 0. The first-order valence-corrected chi connectivity index (χ1v) is 9.42. The molecular formula is C21H21N5O. The van der Waals surface area contributed by atoms with Crippen LogP contribution in [-0.2, 0) is 24.2 Å². The maximum Gasteiger partial charge on any atom is 0.225 e. The first-order valence-electron chi connectivity index (χ1n) is 9.42. The highest BCUT2D eigenvalue weighted by Gasteiger charge is 2.31. The van der Waals surface area contributed by atoms with E-state index in [1.54, 1.807) is 6.33 Å². The number of hydrogen-bond donors (Lipinski definition) is 2. The van der Waals surface area contributed by atoms with Gasteiger partial charge < -0.3 is 10.6 Å². The molecule has 3 heterocycles. The summed E-state index contributed by atoms with van der Waals surface area (Å²) in [7, 11) is 0. The second-order valence-electron chi connectivity index (χ2n) is 7.12. The Hall–Kier alpha value is -3.15. The van der Waals surface area contributed by atoms with Crippen LogP contribution in [0.15, 0.2) is 42.7 Å². The first-order chi connectivity index (χ1) is 13.2. The molecule has 0 unspecified atom stereocenters. The second-order valence-corrected chi connectivity index (χ2v) is 7.12. The molecule has 6 nitrogen and oxygen atoms in total. The van der Waals surface area contributed by atoms with E-state index in [1.807, 2.05) is 17.7 Å². The van der Waals surface area contributed by atoms with Crippen LogP contribution in [-0.4, -0.2) is 20.7 Å². The molecule has 2 aliphatic rings. The van der Waals surface area contributed by atoms with Crippen molar-refractivity contribution in [3.63, 3.8) is 0 Å². The molecule has 2 aliphatic heterocycles. The molecule has 0 saturated heterocycles. The Morgan fingerprint density at radius 3 is 2.81 bits per heavy atom. The number of rotatable bonds is 2. The van der Waals surface area contributed by atoms with Crippen molar-refractivity contribution in [2.24, 2.45) is 0 Å². The van der Waals surface area contributed by atoms with Gasteiger partial charge in [0.2, 0.25) is 5.91 Å². The summed E-state index contributed by atoms with van der Waals surface area (Å²) in [4.78, 5) is 16.8. The molecule has 1 atom stereocenters. The van der Waals surface area contributed by atoms with Gasteiger partial charge in [0.15, 0.2) is 0 Å². The highest BCUT2D eigenvalue weighted by molar-refractivity contribution is 5.96. The average molecular weight is 359 g/mol. The monoisotopic (exact) mass is 359 g/mol. The van der Waals surface area contributed by atoms with E-state index in [9.17, 15) is 4.79 Å². The van der Waals surface area contributed by atoms with Crippen molar-refractivity contribution in [3.05, 3.63) is 65.2 Å². The van der Waals surface area contributed by atoms with Gasteiger partial charge in [0.1, 0.15) is 12.2 Å². The Kier molecular flexibility index (Phi) is 3.70. The molecule has 0 fully saturated rings. The summed E-state index contributed by atoms with van der Waals surface area (Å²) < 4.78 is 1.88. The molecular weight excluding hydrogens is 338 g/mol. The lowest BCUT2D eigenvalue weighted by Gasteiger charge is -2.27. The normalized spacial score (nSPS) is 17.8. The van der Waals surface area contributed by atoms with E-state index in [2.05, 4.69) is 51.0 Å². The zero-order chi connectivity index (χ0) is 18.4. The number of aromatic nitrogens is 3. The lowest BCUT2D eigenvalue weighted by atomic mass is 9.87. The van der Waals surface area contributed by atoms with Crippen LogP contribution < -0.4 is 10.6 Å². The van der Waals surface area contributed by atoms with Crippen LogP contribution in [0, 0.1) is 0 Å². The third-order valence-corrected chi connectivity index (χ3v) is 5.52. The van der Waals surface area contributed by atoms with E-state index in [4.69, 9.17) is 0 Å². The van der Waals surface area contributed by atoms with E-state index in [-0.39, 0.29) is 11.8 Å². The number of fused-ring (bicyclic) bond motifs is 3. The lowest BCUT2D eigenvalue weighted by molar-refractivity contribution is -0.116. The Balaban J connectivity index is 1.61. The number of benzene rings is 2. The fourth-order valence-electron chi connectivity index (χ4n) is 4.17. The van der Waals surface area contributed by atoms with Gasteiger partial charge in [0.05, 0.1) is 5.92 Å². The van der Waals surface area contributed by atoms with Crippen LogP contribution in [0.4, 0.5) is 17.1 Å². The zero-order valence-electron chi connectivity index (χ0n) is 15.2. The summed E-state index contributed by atoms with van der Waals surface area (Å²) in [6.45, 7) is 2.78. The van der Waals surface area contributed by atoms with Gasteiger partial charge in [-0.2, -0.15) is 5.10 Å². The van der Waals surface area contributed by atoms with Crippen LogP contribution in [0.1, 0.15) is 41.8 Å². The number of para-hydroxylation sites is 1. The summed E-state index contributed by atoms with van der Waals surface area (Å²) in [6, 6.07) is 12.7. The van der Waals surface area contributed by atoms with E-state index in [0.717, 1.165) is 47.8 Å². The van der Waals surface area contributed by atoms with Crippen LogP contribution in [0.2, 0.25) is 0 Å². The molecule has 6 heteroatoms. The van der Waals surface area contributed by atoms with Crippen molar-refractivity contribution in [1.82, 2.24) is 14.8 Å². The van der Waals surface area contributed by atoms with E-state index >= 15 is 0 Å². The molecule has 0 radical (unpaired) electrons. The highest BCUT2D eigenvalue weighted by Crippen LogP contribution is 2.41. The third kappa shape index (κ3) is 2.68. The number of hydrogen-bond acceptors (Lipinski definition) is 4. The van der Waals surface area contributed by atoms with E-state index in [1.165, 1.54) is 11.1 Å². The fourth-order valence-corrected chi connectivity index (χ4v) is 4.17. The number of anilines is 3. The van der Waals surface area contributed by atoms with Gasteiger partial charge in [-0.25, -0.2) is 9.67 Å². The number of amides is 1.